The lowest BCUT2D eigenvalue weighted by Gasteiger charge is -2.16. The lowest BCUT2D eigenvalue weighted by atomic mass is 10.0. The van der Waals surface area contributed by atoms with Crippen molar-refractivity contribution in [3.63, 3.8) is 0 Å². The van der Waals surface area contributed by atoms with Crippen LogP contribution in [0.25, 0.3) is 0 Å². The first-order chi connectivity index (χ1) is 6.97. The highest BCUT2D eigenvalue weighted by Gasteiger charge is 2.14. The van der Waals surface area contributed by atoms with Crippen LogP contribution in [0.2, 0.25) is 0 Å². The standard InChI is InChI=1S/C11H21NO3/c1-4-5-8(2)11(15)12-9(3)6-7-10(13)14/h8-9H,4-7H2,1-3H3,(H,12,15)(H,13,14). The van der Waals surface area contributed by atoms with Crippen molar-refractivity contribution in [2.45, 2.75) is 52.5 Å². The molecule has 0 bridgehead atoms. The van der Waals surface area contributed by atoms with Crippen molar-refractivity contribution in [2.24, 2.45) is 5.92 Å². The number of carboxylic acid groups (broad SMARTS) is 1. The fourth-order valence-corrected chi connectivity index (χ4v) is 1.36. The van der Waals surface area contributed by atoms with E-state index < -0.39 is 5.97 Å². The van der Waals surface area contributed by atoms with Gasteiger partial charge in [0.15, 0.2) is 0 Å². The predicted octanol–water partition coefficient (Wildman–Crippen LogP) is 1.79. The van der Waals surface area contributed by atoms with Crippen LogP contribution < -0.4 is 5.32 Å². The Kier molecular flexibility index (Phi) is 6.75. The summed E-state index contributed by atoms with van der Waals surface area (Å²) < 4.78 is 0. The fraction of sp³-hybridized carbons (Fsp3) is 0.818. The van der Waals surface area contributed by atoms with Crippen LogP contribution in [-0.4, -0.2) is 23.0 Å². The normalized spacial score (nSPS) is 14.3. The van der Waals surface area contributed by atoms with Crippen molar-refractivity contribution in [1.82, 2.24) is 5.32 Å². The van der Waals surface area contributed by atoms with Crippen molar-refractivity contribution in [3.05, 3.63) is 0 Å². The second kappa shape index (κ2) is 7.26. The van der Waals surface area contributed by atoms with Gasteiger partial charge in [-0.3, -0.25) is 9.59 Å². The Hall–Kier alpha value is -1.06. The lowest BCUT2D eigenvalue weighted by molar-refractivity contribution is -0.137. The number of carbonyl (C=O) groups excluding carboxylic acids is 1. The summed E-state index contributed by atoms with van der Waals surface area (Å²) in [5.41, 5.74) is 0. The Bertz CT molecular complexity index is 216. The van der Waals surface area contributed by atoms with E-state index >= 15 is 0 Å². The Balaban J connectivity index is 3.79. The maximum absolute atomic E-state index is 11.5. The topological polar surface area (TPSA) is 66.4 Å². The summed E-state index contributed by atoms with van der Waals surface area (Å²) >= 11 is 0. The molecule has 0 rings (SSSR count). The summed E-state index contributed by atoms with van der Waals surface area (Å²) in [6.07, 6.45) is 2.44. The zero-order chi connectivity index (χ0) is 11.8. The SMILES string of the molecule is CCCC(C)C(=O)NC(C)CCC(=O)O. The van der Waals surface area contributed by atoms with Gasteiger partial charge in [-0.25, -0.2) is 0 Å². The van der Waals surface area contributed by atoms with Crippen molar-refractivity contribution in [3.8, 4) is 0 Å². The van der Waals surface area contributed by atoms with Crippen LogP contribution in [-0.2, 0) is 9.59 Å². The van der Waals surface area contributed by atoms with Crippen LogP contribution in [0, 0.1) is 5.92 Å². The summed E-state index contributed by atoms with van der Waals surface area (Å²) in [5, 5.41) is 11.3. The summed E-state index contributed by atoms with van der Waals surface area (Å²) in [7, 11) is 0. The van der Waals surface area contributed by atoms with E-state index in [4.69, 9.17) is 5.11 Å². The molecule has 4 heteroatoms. The minimum Gasteiger partial charge on any atom is -0.481 e. The van der Waals surface area contributed by atoms with Gasteiger partial charge >= 0.3 is 5.97 Å². The molecule has 0 aliphatic carbocycles. The first-order valence-corrected chi connectivity index (χ1v) is 5.49. The molecule has 0 aromatic carbocycles. The maximum atomic E-state index is 11.5. The van der Waals surface area contributed by atoms with Crippen molar-refractivity contribution in [2.75, 3.05) is 0 Å². The Morgan fingerprint density at radius 2 is 1.87 bits per heavy atom. The van der Waals surface area contributed by atoms with Gasteiger partial charge < -0.3 is 10.4 Å². The van der Waals surface area contributed by atoms with Gasteiger partial charge in [0.1, 0.15) is 0 Å². The molecule has 1 amide bonds. The smallest absolute Gasteiger partial charge is 0.303 e. The third kappa shape index (κ3) is 6.94. The summed E-state index contributed by atoms with van der Waals surface area (Å²) in [5.74, 6) is -0.783. The van der Waals surface area contributed by atoms with Gasteiger partial charge in [0.05, 0.1) is 0 Å². The Morgan fingerprint density at radius 3 is 2.33 bits per heavy atom. The molecule has 0 aromatic rings. The van der Waals surface area contributed by atoms with Crippen LogP contribution in [0.1, 0.15) is 46.5 Å². The molecule has 0 radical (unpaired) electrons. The molecule has 0 heterocycles. The van der Waals surface area contributed by atoms with E-state index in [9.17, 15) is 9.59 Å². The van der Waals surface area contributed by atoms with E-state index in [1.54, 1.807) is 0 Å². The molecule has 2 N–H and O–H groups in total. The van der Waals surface area contributed by atoms with E-state index in [1.807, 2.05) is 20.8 Å². The molecule has 88 valence electrons. The zero-order valence-corrected chi connectivity index (χ0v) is 9.75. The average Bonchev–Trinajstić information content (AvgIpc) is 2.15. The highest BCUT2D eigenvalue weighted by atomic mass is 16.4. The molecule has 0 aromatic heterocycles. The molecule has 0 aliphatic heterocycles. The second-order valence-electron chi connectivity index (χ2n) is 4.03. The zero-order valence-electron chi connectivity index (χ0n) is 9.75. The molecule has 0 fully saturated rings. The predicted molar refractivity (Wildman–Crippen MR) is 58.5 cm³/mol. The Morgan fingerprint density at radius 1 is 1.27 bits per heavy atom. The van der Waals surface area contributed by atoms with Gasteiger partial charge in [-0.1, -0.05) is 20.3 Å². The van der Waals surface area contributed by atoms with Crippen molar-refractivity contribution >= 4 is 11.9 Å². The van der Waals surface area contributed by atoms with Gasteiger partial charge in [-0.05, 0) is 19.8 Å². The largest absolute Gasteiger partial charge is 0.481 e. The molecule has 0 saturated heterocycles. The molecule has 2 atom stereocenters. The number of carbonyl (C=O) groups is 2. The maximum Gasteiger partial charge on any atom is 0.303 e. The van der Waals surface area contributed by atoms with Gasteiger partial charge in [0, 0.05) is 18.4 Å². The molecule has 0 aliphatic rings. The molecular weight excluding hydrogens is 194 g/mol. The Labute approximate surface area is 91.1 Å². The highest BCUT2D eigenvalue weighted by Crippen LogP contribution is 2.06. The molecule has 0 saturated carbocycles. The monoisotopic (exact) mass is 215 g/mol. The van der Waals surface area contributed by atoms with Gasteiger partial charge in [-0.15, -0.1) is 0 Å². The van der Waals surface area contributed by atoms with E-state index in [0.29, 0.717) is 6.42 Å². The van der Waals surface area contributed by atoms with Crippen LogP contribution >= 0.6 is 0 Å². The number of amides is 1. The third-order valence-corrected chi connectivity index (χ3v) is 2.35. The van der Waals surface area contributed by atoms with Gasteiger partial charge in [0.2, 0.25) is 5.91 Å². The molecular formula is C11H21NO3. The molecule has 15 heavy (non-hydrogen) atoms. The quantitative estimate of drug-likeness (QED) is 0.680. The number of hydrogen-bond acceptors (Lipinski definition) is 2. The van der Waals surface area contributed by atoms with Gasteiger partial charge in [-0.2, -0.15) is 0 Å². The minimum absolute atomic E-state index is 0.0160. The highest BCUT2D eigenvalue weighted by molar-refractivity contribution is 5.78. The molecule has 2 unspecified atom stereocenters. The van der Waals surface area contributed by atoms with Crippen LogP contribution in [0.4, 0.5) is 0 Å². The summed E-state index contributed by atoms with van der Waals surface area (Å²) in [4.78, 5) is 21.8. The number of aliphatic carboxylic acids is 1. The first-order valence-electron chi connectivity index (χ1n) is 5.49. The second-order valence-corrected chi connectivity index (χ2v) is 4.03. The van der Waals surface area contributed by atoms with E-state index in [-0.39, 0.29) is 24.3 Å². The van der Waals surface area contributed by atoms with E-state index in [1.165, 1.54) is 0 Å². The van der Waals surface area contributed by atoms with Crippen molar-refractivity contribution in [1.29, 1.82) is 0 Å². The third-order valence-electron chi connectivity index (χ3n) is 2.35. The number of rotatable bonds is 7. The van der Waals surface area contributed by atoms with Crippen LogP contribution in [0.3, 0.4) is 0 Å². The lowest BCUT2D eigenvalue weighted by Crippen LogP contribution is -2.36. The first kappa shape index (κ1) is 13.9. The number of nitrogens with one attached hydrogen (secondary N) is 1. The molecule has 0 spiro atoms. The van der Waals surface area contributed by atoms with Crippen LogP contribution in [0.5, 0.6) is 0 Å². The summed E-state index contributed by atoms with van der Waals surface area (Å²) in [6, 6.07) is -0.0621. The number of carboxylic acids is 1. The molecule has 4 nitrogen and oxygen atoms in total. The van der Waals surface area contributed by atoms with E-state index in [0.717, 1.165) is 12.8 Å². The summed E-state index contributed by atoms with van der Waals surface area (Å²) in [6.45, 7) is 5.76. The van der Waals surface area contributed by atoms with Crippen molar-refractivity contribution < 1.29 is 14.7 Å². The van der Waals surface area contributed by atoms with Crippen LogP contribution in [0.15, 0.2) is 0 Å². The fourth-order valence-electron chi connectivity index (χ4n) is 1.36. The number of hydrogen-bond donors (Lipinski definition) is 2. The van der Waals surface area contributed by atoms with Gasteiger partial charge in [0.25, 0.3) is 0 Å². The average molecular weight is 215 g/mol. The minimum atomic E-state index is -0.822. The van der Waals surface area contributed by atoms with E-state index in [2.05, 4.69) is 5.32 Å².